The molecule has 2 heterocycles. The Labute approximate surface area is 111 Å². The molecule has 0 aliphatic carbocycles. The number of ether oxygens (including phenoxy) is 1. The summed E-state index contributed by atoms with van der Waals surface area (Å²) in [6.07, 6.45) is 3.94. The Morgan fingerprint density at radius 1 is 1.28 bits per heavy atom. The first-order valence-electron chi connectivity index (χ1n) is 6.65. The molecule has 1 fully saturated rings. The van der Waals surface area contributed by atoms with Crippen LogP contribution in [0, 0.1) is 0 Å². The first-order valence-corrected chi connectivity index (χ1v) is 7.47. The lowest BCUT2D eigenvalue weighted by Gasteiger charge is -2.25. The molecule has 0 N–H and O–H groups in total. The van der Waals surface area contributed by atoms with Gasteiger partial charge in [0.15, 0.2) is 5.13 Å². The van der Waals surface area contributed by atoms with E-state index in [9.17, 15) is 0 Å². The molecule has 0 amide bonds. The van der Waals surface area contributed by atoms with E-state index in [1.165, 1.54) is 29.1 Å². The van der Waals surface area contributed by atoms with Crippen molar-refractivity contribution in [3.05, 3.63) is 18.2 Å². The maximum atomic E-state index is 5.53. The Morgan fingerprint density at radius 2 is 2.11 bits per heavy atom. The second-order valence-electron chi connectivity index (χ2n) is 4.61. The lowest BCUT2D eigenvalue weighted by atomic mass is 10.1. The molecular weight excluding hydrogens is 244 g/mol. The highest BCUT2D eigenvalue weighted by Gasteiger charge is 2.15. The van der Waals surface area contributed by atoms with Gasteiger partial charge in [0, 0.05) is 13.1 Å². The summed E-state index contributed by atoms with van der Waals surface area (Å²) in [6.45, 7) is 5.02. The zero-order valence-corrected chi connectivity index (χ0v) is 11.5. The van der Waals surface area contributed by atoms with Gasteiger partial charge < -0.3 is 9.64 Å². The molecule has 0 spiro atoms. The van der Waals surface area contributed by atoms with Crippen LogP contribution in [0.25, 0.3) is 10.2 Å². The van der Waals surface area contributed by atoms with Crippen molar-refractivity contribution in [3.63, 3.8) is 0 Å². The molecule has 1 aliphatic rings. The second-order valence-corrected chi connectivity index (χ2v) is 5.62. The standard InChI is InChI=1S/C14H18N2OS/c1-2-17-11-6-7-12-13(10-11)18-14(15-12)16-8-4-3-5-9-16/h6-7,10H,2-5,8-9H2,1H3. The largest absolute Gasteiger partial charge is 0.494 e. The number of rotatable bonds is 3. The average molecular weight is 262 g/mol. The smallest absolute Gasteiger partial charge is 0.186 e. The van der Waals surface area contributed by atoms with Gasteiger partial charge in [0.25, 0.3) is 0 Å². The van der Waals surface area contributed by atoms with Gasteiger partial charge in [-0.3, -0.25) is 0 Å². The molecule has 1 aliphatic heterocycles. The third-order valence-electron chi connectivity index (χ3n) is 3.29. The van der Waals surface area contributed by atoms with Crippen LogP contribution in [-0.4, -0.2) is 24.7 Å². The van der Waals surface area contributed by atoms with Gasteiger partial charge in [-0.05, 0) is 44.4 Å². The predicted molar refractivity (Wildman–Crippen MR) is 76.9 cm³/mol. The molecule has 3 rings (SSSR count). The summed E-state index contributed by atoms with van der Waals surface area (Å²) in [4.78, 5) is 7.14. The summed E-state index contributed by atoms with van der Waals surface area (Å²) in [5.74, 6) is 0.943. The summed E-state index contributed by atoms with van der Waals surface area (Å²) in [6, 6.07) is 6.17. The highest BCUT2D eigenvalue weighted by atomic mass is 32.1. The van der Waals surface area contributed by atoms with Crippen LogP contribution in [-0.2, 0) is 0 Å². The molecule has 0 unspecified atom stereocenters. The molecule has 4 heteroatoms. The second kappa shape index (κ2) is 5.14. The van der Waals surface area contributed by atoms with Crippen LogP contribution >= 0.6 is 11.3 Å². The number of fused-ring (bicyclic) bond motifs is 1. The summed E-state index contributed by atoms with van der Waals surface area (Å²) in [5.41, 5.74) is 1.09. The maximum Gasteiger partial charge on any atom is 0.186 e. The van der Waals surface area contributed by atoms with Crippen LogP contribution in [0.1, 0.15) is 26.2 Å². The van der Waals surface area contributed by atoms with Gasteiger partial charge in [0.05, 0.1) is 16.8 Å². The van der Waals surface area contributed by atoms with Crippen LogP contribution in [0.5, 0.6) is 5.75 Å². The van der Waals surface area contributed by atoms with Crippen molar-refractivity contribution in [2.45, 2.75) is 26.2 Å². The summed E-state index contributed by atoms with van der Waals surface area (Å²) in [7, 11) is 0. The minimum absolute atomic E-state index is 0.712. The van der Waals surface area contributed by atoms with Crippen molar-refractivity contribution >= 4 is 26.7 Å². The summed E-state index contributed by atoms with van der Waals surface area (Å²) >= 11 is 1.78. The Bertz CT molecular complexity index is 532. The average Bonchev–Trinajstić information content (AvgIpc) is 2.83. The number of aromatic nitrogens is 1. The van der Waals surface area contributed by atoms with Crippen molar-refractivity contribution in [2.24, 2.45) is 0 Å². The molecule has 2 aromatic rings. The molecule has 1 aromatic carbocycles. The quantitative estimate of drug-likeness (QED) is 0.843. The first kappa shape index (κ1) is 11.8. The number of anilines is 1. The summed E-state index contributed by atoms with van der Waals surface area (Å²) in [5, 5.41) is 1.17. The van der Waals surface area contributed by atoms with E-state index in [2.05, 4.69) is 17.0 Å². The molecule has 1 saturated heterocycles. The number of hydrogen-bond donors (Lipinski definition) is 0. The van der Waals surface area contributed by atoms with Gasteiger partial charge in [-0.15, -0.1) is 0 Å². The van der Waals surface area contributed by atoms with E-state index in [-0.39, 0.29) is 0 Å². The van der Waals surface area contributed by atoms with Gasteiger partial charge in [0.2, 0.25) is 0 Å². The van der Waals surface area contributed by atoms with E-state index >= 15 is 0 Å². The van der Waals surface area contributed by atoms with E-state index in [4.69, 9.17) is 9.72 Å². The van der Waals surface area contributed by atoms with Gasteiger partial charge >= 0.3 is 0 Å². The van der Waals surface area contributed by atoms with Crippen LogP contribution in [0.15, 0.2) is 18.2 Å². The molecule has 0 radical (unpaired) electrons. The topological polar surface area (TPSA) is 25.4 Å². The zero-order chi connectivity index (χ0) is 12.4. The lowest BCUT2D eigenvalue weighted by molar-refractivity contribution is 0.341. The van der Waals surface area contributed by atoms with Crippen molar-refractivity contribution in [2.75, 3.05) is 24.6 Å². The molecule has 0 bridgehead atoms. The first-order chi connectivity index (χ1) is 8.86. The fourth-order valence-electron chi connectivity index (χ4n) is 2.37. The van der Waals surface area contributed by atoms with Crippen molar-refractivity contribution in [3.8, 4) is 5.75 Å². The van der Waals surface area contributed by atoms with Crippen LogP contribution in [0.4, 0.5) is 5.13 Å². The van der Waals surface area contributed by atoms with Gasteiger partial charge in [-0.25, -0.2) is 4.98 Å². The molecule has 0 saturated carbocycles. The van der Waals surface area contributed by atoms with Crippen LogP contribution in [0.3, 0.4) is 0 Å². The third-order valence-corrected chi connectivity index (χ3v) is 4.37. The van der Waals surface area contributed by atoms with Gasteiger partial charge in [0.1, 0.15) is 5.75 Å². The van der Waals surface area contributed by atoms with E-state index in [1.807, 2.05) is 13.0 Å². The zero-order valence-electron chi connectivity index (χ0n) is 10.7. The molecule has 96 valence electrons. The van der Waals surface area contributed by atoms with E-state index in [0.29, 0.717) is 6.61 Å². The predicted octanol–water partition coefficient (Wildman–Crippen LogP) is 3.69. The van der Waals surface area contributed by atoms with E-state index < -0.39 is 0 Å². The number of hydrogen-bond acceptors (Lipinski definition) is 4. The van der Waals surface area contributed by atoms with Crippen molar-refractivity contribution in [1.82, 2.24) is 4.98 Å². The Balaban J connectivity index is 1.89. The van der Waals surface area contributed by atoms with Crippen LogP contribution < -0.4 is 9.64 Å². The molecule has 1 aromatic heterocycles. The fourth-order valence-corrected chi connectivity index (χ4v) is 3.42. The molecule has 0 atom stereocenters. The molecule has 18 heavy (non-hydrogen) atoms. The highest BCUT2D eigenvalue weighted by Crippen LogP contribution is 2.32. The van der Waals surface area contributed by atoms with E-state index in [0.717, 1.165) is 24.4 Å². The fraction of sp³-hybridized carbons (Fsp3) is 0.500. The van der Waals surface area contributed by atoms with Gasteiger partial charge in [-0.2, -0.15) is 0 Å². The third kappa shape index (κ3) is 2.29. The summed E-state index contributed by atoms with van der Waals surface area (Å²) < 4.78 is 6.76. The van der Waals surface area contributed by atoms with Crippen molar-refractivity contribution in [1.29, 1.82) is 0 Å². The van der Waals surface area contributed by atoms with Crippen LogP contribution in [0.2, 0.25) is 0 Å². The highest BCUT2D eigenvalue weighted by molar-refractivity contribution is 7.22. The Hall–Kier alpha value is -1.29. The monoisotopic (exact) mass is 262 g/mol. The number of nitrogens with zero attached hydrogens (tertiary/aromatic N) is 2. The van der Waals surface area contributed by atoms with E-state index in [1.54, 1.807) is 11.3 Å². The minimum Gasteiger partial charge on any atom is -0.494 e. The minimum atomic E-state index is 0.712. The Morgan fingerprint density at radius 3 is 2.89 bits per heavy atom. The number of piperidine rings is 1. The normalized spacial score (nSPS) is 16.2. The maximum absolute atomic E-state index is 5.53. The SMILES string of the molecule is CCOc1ccc2nc(N3CCCCC3)sc2c1. The lowest BCUT2D eigenvalue weighted by Crippen LogP contribution is -2.29. The van der Waals surface area contributed by atoms with Gasteiger partial charge in [-0.1, -0.05) is 11.3 Å². The molecule has 3 nitrogen and oxygen atoms in total. The molecular formula is C14H18N2OS. The van der Waals surface area contributed by atoms with Crippen molar-refractivity contribution < 1.29 is 4.74 Å². The number of thiazole rings is 1. The number of benzene rings is 1. The Kier molecular flexibility index (Phi) is 3.37.